The van der Waals surface area contributed by atoms with E-state index in [0.717, 1.165) is 6.42 Å². The Morgan fingerprint density at radius 1 is 1.14 bits per heavy atom. The van der Waals surface area contributed by atoms with Gasteiger partial charge in [0.25, 0.3) is 0 Å². The first-order chi connectivity index (χ1) is 10.4. The summed E-state index contributed by atoms with van der Waals surface area (Å²) >= 11 is 0. The van der Waals surface area contributed by atoms with Crippen LogP contribution in [0.2, 0.25) is 0 Å². The smallest absolute Gasteiger partial charge is 0.228 e. The first-order valence-corrected chi connectivity index (χ1v) is 7.64. The van der Waals surface area contributed by atoms with Crippen LogP contribution in [0.5, 0.6) is 0 Å². The molecule has 1 fully saturated rings. The van der Waals surface area contributed by atoms with Gasteiger partial charge in [0, 0.05) is 17.3 Å². The monoisotopic (exact) mass is 302 g/mol. The fourth-order valence-corrected chi connectivity index (χ4v) is 2.25. The molecule has 22 heavy (non-hydrogen) atoms. The third-order valence-corrected chi connectivity index (χ3v) is 4.02. The number of carbonyl (C=O) groups is 3. The molecule has 0 spiro atoms. The zero-order chi connectivity index (χ0) is 16.3. The van der Waals surface area contributed by atoms with E-state index in [4.69, 9.17) is 0 Å². The molecule has 0 bridgehead atoms. The van der Waals surface area contributed by atoms with Crippen LogP contribution in [-0.4, -0.2) is 23.6 Å². The van der Waals surface area contributed by atoms with Gasteiger partial charge in [-0.05, 0) is 51.0 Å². The molecule has 1 aliphatic carbocycles. The van der Waals surface area contributed by atoms with Gasteiger partial charge < -0.3 is 10.6 Å². The van der Waals surface area contributed by atoms with Crippen LogP contribution in [0.25, 0.3) is 0 Å². The number of benzene rings is 1. The Bertz CT molecular complexity index is 580. The van der Waals surface area contributed by atoms with Crippen LogP contribution < -0.4 is 10.6 Å². The lowest BCUT2D eigenvalue weighted by Crippen LogP contribution is -2.34. The van der Waals surface area contributed by atoms with E-state index < -0.39 is 0 Å². The van der Waals surface area contributed by atoms with Crippen LogP contribution >= 0.6 is 0 Å². The average molecular weight is 302 g/mol. The highest BCUT2D eigenvalue weighted by Crippen LogP contribution is 2.39. The summed E-state index contributed by atoms with van der Waals surface area (Å²) in [6.45, 7) is 5.46. The Morgan fingerprint density at radius 2 is 1.73 bits per heavy atom. The summed E-state index contributed by atoms with van der Waals surface area (Å²) in [6.07, 6.45) is 1.47. The number of nitrogens with one attached hydrogen (secondary N) is 2. The van der Waals surface area contributed by atoms with Crippen molar-refractivity contribution in [2.45, 2.75) is 39.7 Å². The normalized spacial score (nSPS) is 20.9. The summed E-state index contributed by atoms with van der Waals surface area (Å²) in [6, 6.07) is 6.89. The Kier molecular flexibility index (Phi) is 4.96. The van der Waals surface area contributed by atoms with Gasteiger partial charge in [-0.2, -0.15) is 0 Å². The molecule has 118 valence electrons. The molecule has 0 saturated heterocycles. The summed E-state index contributed by atoms with van der Waals surface area (Å²) < 4.78 is 0. The van der Waals surface area contributed by atoms with Crippen molar-refractivity contribution in [1.29, 1.82) is 0 Å². The quantitative estimate of drug-likeness (QED) is 0.792. The number of rotatable bonds is 6. The Labute approximate surface area is 130 Å². The molecule has 1 aromatic rings. The van der Waals surface area contributed by atoms with Crippen LogP contribution in [0.15, 0.2) is 24.3 Å². The van der Waals surface area contributed by atoms with Crippen molar-refractivity contribution in [3.63, 3.8) is 0 Å². The topological polar surface area (TPSA) is 75.3 Å². The van der Waals surface area contributed by atoms with Crippen molar-refractivity contribution in [3.8, 4) is 0 Å². The number of carbonyl (C=O) groups excluding carboxylic acids is 3. The second kappa shape index (κ2) is 6.73. The van der Waals surface area contributed by atoms with Gasteiger partial charge in [0.15, 0.2) is 5.78 Å². The van der Waals surface area contributed by atoms with E-state index in [-0.39, 0.29) is 35.5 Å². The average Bonchev–Trinajstić information content (AvgIpc) is 3.28. The maximum absolute atomic E-state index is 12.1. The molecule has 1 aromatic carbocycles. The molecule has 5 nitrogen and oxygen atoms in total. The molecular weight excluding hydrogens is 280 g/mol. The van der Waals surface area contributed by atoms with Crippen LogP contribution in [0, 0.1) is 11.8 Å². The minimum absolute atomic E-state index is 0.0122. The predicted octanol–water partition coefficient (Wildman–Crippen LogP) is 2.38. The lowest BCUT2D eigenvalue weighted by atomic mass is 10.1. The van der Waals surface area contributed by atoms with Gasteiger partial charge in [0.1, 0.15) is 0 Å². The van der Waals surface area contributed by atoms with Crippen molar-refractivity contribution in [2.24, 2.45) is 11.8 Å². The molecule has 2 N–H and O–H groups in total. The Hall–Kier alpha value is -2.17. The zero-order valence-electron chi connectivity index (χ0n) is 13.2. The SMILES string of the molecule is CCC(C)NC(=O)C1CC1C(=O)Nc1ccc(C(C)=O)cc1. The standard InChI is InChI=1S/C17H22N2O3/c1-4-10(2)18-16(21)14-9-15(14)17(22)19-13-7-5-12(6-8-13)11(3)20/h5-8,10,14-15H,4,9H2,1-3H3,(H,18,21)(H,19,22). The van der Waals surface area contributed by atoms with Crippen molar-refractivity contribution in [1.82, 2.24) is 5.32 Å². The minimum atomic E-state index is -0.253. The molecular formula is C17H22N2O3. The highest BCUT2D eigenvalue weighted by atomic mass is 16.2. The van der Waals surface area contributed by atoms with Gasteiger partial charge >= 0.3 is 0 Å². The van der Waals surface area contributed by atoms with Gasteiger partial charge in [-0.15, -0.1) is 0 Å². The minimum Gasteiger partial charge on any atom is -0.353 e. The zero-order valence-corrected chi connectivity index (χ0v) is 13.2. The largest absolute Gasteiger partial charge is 0.353 e. The fourth-order valence-electron chi connectivity index (χ4n) is 2.25. The van der Waals surface area contributed by atoms with E-state index in [2.05, 4.69) is 10.6 Å². The Morgan fingerprint density at radius 3 is 2.27 bits per heavy atom. The molecule has 0 aromatic heterocycles. The number of Topliss-reactive ketones (excluding diaryl/α,β-unsaturated/α-hetero) is 1. The van der Waals surface area contributed by atoms with Gasteiger partial charge in [-0.1, -0.05) is 6.92 Å². The second-order valence-electron chi connectivity index (χ2n) is 5.89. The molecule has 0 heterocycles. The number of ketones is 1. The molecule has 3 atom stereocenters. The van der Waals surface area contributed by atoms with Crippen molar-refractivity contribution < 1.29 is 14.4 Å². The first-order valence-electron chi connectivity index (χ1n) is 7.64. The van der Waals surface area contributed by atoms with Crippen LogP contribution in [0.3, 0.4) is 0 Å². The van der Waals surface area contributed by atoms with E-state index in [1.165, 1.54) is 6.92 Å². The van der Waals surface area contributed by atoms with Gasteiger partial charge in [-0.25, -0.2) is 0 Å². The maximum atomic E-state index is 12.1. The molecule has 3 unspecified atom stereocenters. The van der Waals surface area contributed by atoms with Crippen LogP contribution in [-0.2, 0) is 9.59 Å². The summed E-state index contributed by atoms with van der Waals surface area (Å²) in [7, 11) is 0. The molecule has 1 aliphatic rings. The van der Waals surface area contributed by atoms with Crippen LogP contribution in [0.1, 0.15) is 44.0 Å². The summed E-state index contributed by atoms with van der Waals surface area (Å²) in [5.74, 6) is -0.662. The summed E-state index contributed by atoms with van der Waals surface area (Å²) in [4.78, 5) is 35.2. The fraction of sp³-hybridized carbons (Fsp3) is 0.471. The lowest BCUT2D eigenvalue weighted by molar-refractivity contribution is -0.125. The summed E-state index contributed by atoms with van der Waals surface area (Å²) in [5.41, 5.74) is 1.25. The van der Waals surface area contributed by atoms with Crippen molar-refractivity contribution in [2.75, 3.05) is 5.32 Å². The first kappa shape index (κ1) is 16.2. The van der Waals surface area contributed by atoms with Gasteiger partial charge in [0.05, 0.1) is 11.8 Å². The van der Waals surface area contributed by atoms with E-state index in [0.29, 0.717) is 17.7 Å². The van der Waals surface area contributed by atoms with Gasteiger partial charge in [-0.3, -0.25) is 14.4 Å². The highest BCUT2D eigenvalue weighted by molar-refractivity contribution is 6.00. The number of amides is 2. The third-order valence-electron chi connectivity index (χ3n) is 4.02. The second-order valence-corrected chi connectivity index (χ2v) is 5.89. The predicted molar refractivity (Wildman–Crippen MR) is 84.6 cm³/mol. The molecule has 2 amide bonds. The van der Waals surface area contributed by atoms with E-state index in [1.807, 2.05) is 13.8 Å². The summed E-state index contributed by atoms with van der Waals surface area (Å²) in [5, 5.41) is 5.70. The van der Waals surface area contributed by atoms with Gasteiger partial charge in [0.2, 0.25) is 11.8 Å². The number of hydrogen-bond donors (Lipinski definition) is 2. The number of anilines is 1. The molecule has 0 radical (unpaired) electrons. The molecule has 5 heteroatoms. The van der Waals surface area contributed by atoms with Crippen LogP contribution in [0.4, 0.5) is 5.69 Å². The van der Waals surface area contributed by atoms with Crippen molar-refractivity contribution in [3.05, 3.63) is 29.8 Å². The molecule has 1 saturated carbocycles. The lowest BCUT2D eigenvalue weighted by Gasteiger charge is -2.11. The van der Waals surface area contributed by atoms with E-state index in [9.17, 15) is 14.4 Å². The third kappa shape index (κ3) is 3.93. The van der Waals surface area contributed by atoms with E-state index in [1.54, 1.807) is 24.3 Å². The maximum Gasteiger partial charge on any atom is 0.228 e. The molecule has 2 rings (SSSR count). The highest BCUT2D eigenvalue weighted by Gasteiger charge is 2.48. The van der Waals surface area contributed by atoms with E-state index >= 15 is 0 Å². The molecule has 0 aliphatic heterocycles. The Balaban J connectivity index is 1.86. The van der Waals surface area contributed by atoms with Crippen molar-refractivity contribution >= 4 is 23.3 Å². The number of hydrogen-bond acceptors (Lipinski definition) is 3.